The van der Waals surface area contributed by atoms with Gasteiger partial charge >= 0.3 is 6.03 Å². The van der Waals surface area contributed by atoms with E-state index in [1.165, 1.54) is 38.5 Å². The highest BCUT2D eigenvalue weighted by atomic mass is 16.2. The first-order valence-corrected chi connectivity index (χ1v) is 7.33. The van der Waals surface area contributed by atoms with Gasteiger partial charge in [0.2, 0.25) is 0 Å². The minimum Gasteiger partial charge on any atom is -0.335 e. The second kappa shape index (κ2) is 6.27. The lowest BCUT2D eigenvalue weighted by Gasteiger charge is -2.31. The van der Waals surface area contributed by atoms with Crippen LogP contribution in [0.25, 0.3) is 0 Å². The molecule has 2 aliphatic carbocycles. The molecule has 3 nitrogen and oxygen atoms in total. The summed E-state index contributed by atoms with van der Waals surface area (Å²) in [7, 11) is 0. The topological polar surface area (TPSA) is 41.1 Å². The van der Waals surface area contributed by atoms with E-state index < -0.39 is 0 Å². The molecular weight excluding hydrogens is 212 g/mol. The van der Waals surface area contributed by atoms with Crippen LogP contribution in [0.1, 0.15) is 64.7 Å². The average Bonchev–Trinajstić information content (AvgIpc) is 2.33. The second-order valence-corrected chi connectivity index (χ2v) is 5.82. The summed E-state index contributed by atoms with van der Waals surface area (Å²) in [6.45, 7) is 2.25. The zero-order chi connectivity index (χ0) is 12.1. The molecule has 98 valence electrons. The normalized spacial score (nSPS) is 30.9. The van der Waals surface area contributed by atoms with Crippen molar-refractivity contribution in [1.82, 2.24) is 10.6 Å². The maximum atomic E-state index is 11.9. The molecule has 0 bridgehead atoms. The molecule has 0 aromatic rings. The molecular formula is C14H26N2O. The van der Waals surface area contributed by atoms with Crippen molar-refractivity contribution in [3.8, 4) is 0 Å². The molecule has 0 radical (unpaired) electrons. The van der Waals surface area contributed by atoms with Gasteiger partial charge in [-0.25, -0.2) is 4.79 Å². The number of hydrogen-bond acceptors (Lipinski definition) is 1. The molecule has 0 heterocycles. The van der Waals surface area contributed by atoms with Gasteiger partial charge in [0, 0.05) is 12.1 Å². The Morgan fingerprint density at radius 3 is 2.24 bits per heavy atom. The van der Waals surface area contributed by atoms with Crippen LogP contribution in [0.3, 0.4) is 0 Å². The molecule has 2 rings (SSSR count). The van der Waals surface area contributed by atoms with Crippen molar-refractivity contribution in [1.29, 1.82) is 0 Å². The number of nitrogens with one attached hydrogen (secondary N) is 2. The highest BCUT2D eigenvalue weighted by molar-refractivity contribution is 5.74. The number of carbonyl (C=O) groups excluding carboxylic acids is 1. The smallest absolute Gasteiger partial charge is 0.315 e. The zero-order valence-electron chi connectivity index (χ0n) is 11.0. The number of rotatable bonds is 2. The number of hydrogen-bond donors (Lipinski definition) is 2. The van der Waals surface area contributed by atoms with Crippen LogP contribution < -0.4 is 10.6 Å². The fraction of sp³-hybridized carbons (Fsp3) is 0.929. The predicted octanol–water partition coefficient (Wildman–Crippen LogP) is 3.20. The Bertz CT molecular complexity index is 249. The largest absolute Gasteiger partial charge is 0.335 e. The number of amides is 2. The molecule has 2 saturated carbocycles. The van der Waals surface area contributed by atoms with Crippen LogP contribution in [0.2, 0.25) is 0 Å². The molecule has 0 saturated heterocycles. The standard InChI is InChI=1S/C14H26N2O/c1-11-7-5-6-10-13(11)16-14(17)15-12-8-3-2-4-9-12/h11-13H,2-10H2,1H3,(H2,15,16,17)/t11-,13+/m0/s1. The van der Waals surface area contributed by atoms with Gasteiger partial charge in [-0.1, -0.05) is 39.0 Å². The van der Waals surface area contributed by atoms with E-state index in [4.69, 9.17) is 0 Å². The summed E-state index contributed by atoms with van der Waals surface area (Å²) in [6.07, 6.45) is 11.2. The maximum absolute atomic E-state index is 11.9. The lowest BCUT2D eigenvalue weighted by Crippen LogP contribution is -2.49. The average molecular weight is 238 g/mol. The maximum Gasteiger partial charge on any atom is 0.315 e. The molecule has 2 aliphatic rings. The van der Waals surface area contributed by atoms with E-state index in [0.717, 1.165) is 19.3 Å². The van der Waals surface area contributed by atoms with Gasteiger partial charge in [0.25, 0.3) is 0 Å². The minimum absolute atomic E-state index is 0.0654. The Hall–Kier alpha value is -0.730. The quantitative estimate of drug-likeness (QED) is 0.762. The molecule has 0 unspecified atom stereocenters. The van der Waals surface area contributed by atoms with E-state index in [2.05, 4.69) is 17.6 Å². The molecule has 2 atom stereocenters. The summed E-state index contributed by atoms with van der Waals surface area (Å²) < 4.78 is 0. The van der Waals surface area contributed by atoms with Gasteiger partial charge in [0.1, 0.15) is 0 Å². The van der Waals surface area contributed by atoms with Crippen LogP contribution in [0.5, 0.6) is 0 Å². The van der Waals surface area contributed by atoms with Gasteiger partial charge in [-0.15, -0.1) is 0 Å². The second-order valence-electron chi connectivity index (χ2n) is 5.82. The number of urea groups is 1. The lowest BCUT2D eigenvalue weighted by atomic mass is 9.86. The highest BCUT2D eigenvalue weighted by Gasteiger charge is 2.23. The lowest BCUT2D eigenvalue weighted by molar-refractivity contribution is 0.214. The van der Waals surface area contributed by atoms with E-state index >= 15 is 0 Å². The molecule has 2 amide bonds. The summed E-state index contributed by atoms with van der Waals surface area (Å²) in [5, 5.41) is 6.30. The molecule has 2 fully saturated rings. The molecule has 0 spiro atoms. The fourth-order valence-electron chi connectivity index (χ4n) is 3.17. The van der Waals surface area contributed by atoms with Crippen LogP contribution >= 0.6 is 0 Å². The third-order valence-electron chi connectivity index (χ3n) is 4.37. The molecule has 0 aromatic heterocycles. The van der Waals surface area contributed by atoms with Crippen molar-refractivity contribution in [3.63, 3.8) is 0 Å². The van der Waals surface area contributed by atoms with E-state index in [0.29, 0.717) is 18.0 Å². The van der Waals surface area contributed by atoms with Crippen LogP contribution in [0, 0.1) is 5.92 Å². The highest BCUT2D eigenvalue weighted by Crippen LogP contribution is 2.23. The van der Waals surface area contributed by atoms with Gasteiger partial charge < -0.3 is 10.6 Å². The Balaban J connectivity index is 1.72. The van der Waals surface area contributed by atoms with E-state index in [9.17, 15) is 4.79 Å². The van der Waals surface area contributed by atoms with Crippen LogP contribution in [-0.2, 0) is 0 Å². The summed E-state index contributed by atoms with van der Waals surface area (Å²) >= 11 is 0. The predicted molar refractivity (Wildman–Crippen MR) is 70.0 cm³/mol. The van der Waals surface area contributed by atoms with Gasteiger partial charge in [-0.3, -0.25) is 0 Å². The van der Waals surface area contributed by atoms with Crippen molar-refractivity contribution in [2.45, 2.75) is 76.8 Å². The molecule has 0 aromatic carbocycles. The summed E-state index contributed by atoms with van der Waals surface area (Å²) in [6, 6.07) is 0.880. The fourth-order valence-corrected chi connectivity index (χ4v) is 3.17. The molecule has 0 aliphatic heterocycles. The first-order chi connectivity index (χ1) is 8.25. The summed E-state index contributed by atoms with van der Waals surface area (Å²) in [4.78, 5) is 11.9. The van der Waals surface area contributed by atoms with Crippen molar-refractivity contribution in [2.24, 2.45) is 5.92 Å². The van der Waals surface area contributed by atoms with Crippen molar-refractivity contribution in [2.75, 3.05) is 0 Å². The first-order valence-electron chi connectivity index (χ1n) is 7.33. The Morgan fingerprint density at radius 1 is 0.882 bits per heavy atom. The molecule has 17 heavy (non-hydrogen) atoms. The molecule has 2 N–H and O–H groups in total. The van der Waals surface area contributed by atoms with Crippen LogP contribution in [0.4, 0.5) is 4.79 Å². The first kappa shape index (κ1) is 12.7. The molecule has 3 heteroatoms. The van der Waals surface area contributed by atoms with Gasteiger partial charge in [0.15, 0.2) is 0 Å². The number of carbonyl (C=O) groups is 1. The SMILES string of the molecule is C[C@H]1CCCC[C@H]1NC(=O)NC1CCCCC1. The van der Waals surface area contributed by atoms with Gasteiger partial charge in [-0.2, -0.15) is 0 Å². The Morgan fingerprint density at radius 2 is 1.53 bits per heavy atom. The minimum atomic E-state index is 0.0654. The van der Waals surface area contributed by atoms with E-state index in [1.807, 2.05) is 0 Å². The summed E-state index contributed by atoms with van der Waals surface area (Å²) in [5.41, 5.74) is 0. The van der Waals surface area contributed by atoms with E-state index in [1.54, 1.807) is 0 Å². The Kier molecular flexibility index (Phi) is 4.69. The monoisotopic (exact) mass is 238 g/mol. The van der Waals surface area contributed by atoms with Crippen LogP contribution in [0.15, 0.2) is 0 Å². The van der Waals surface area contributed by atoms with Crippen molar-refractivity contribution in [3.05, 3.63) is 0 Å². The van der Waals surface area contributed by atoms with Gasteiger partial charge in [0.05, 0.1) is 0 Å². The van der Waals surface area contributed by atoms with Crippen molar-refractivity contribution >= 4 is 6.03 Å². The third kappa shape index (κ3) is 3.90. The third-order valence-corrected chi connectivity index (χ3v) is 4.37. The van der Waals surface area contributed by atoms with Crippen molar-refractivity contribution < 1.29 is 4.79 Å². The Labute approximate surface area is 105 Å². The zero-order valence-corrected chi connectivity index (χ0v) is 11.0. The van der Waals surface area contributed by atoms with Gasteiger partial charge in [-0.05, 0) is 31.6 Å². The van der Waals surface area contributed by atoms with E-state index in [-0.39, 0.29) is 6.03 Å². The van der Waals surface area contributed by atoms with Crippen LogP contribution in [-0.4, -0.2) is 18.1 Å². The summed E-state index contributed by atoms with van der Waals surface area (Å²) in [5.74, 6) is 0.640.